The minimum atomic E-state index is -0.431. The maximum absolute atomic E-state index is 12.9. The van der Waals surface area contributed by atoms with E-state index in [2.05, 4.69) is 6.92 Å². The van der Waals surface area contributed by atoms with Crippen molar-refractivity contribution < 1.29 is 14.1 Å². The number of amides is 1. The number of hydrogen-bond donors (Lipinski definition) is 0. The molecule has 1 amide bonds. The number of hydrogen-bond acceptors (Lipinski definition) is 3. The lowest BCUT2D eigenvalue weighted by Crippen LogP contribution is -2.41. The van der Waals surface area contributed by atoms with E-state index in [1.807, 2.05) is 57.7 Å². The van der Waals surface area contributed by atoms with Crippen molar-refractivity contribution in [1.29, 1.82) is 0 Å². The second kappa shape index (κ2) is 6.44. The number of benzene rings is 1. The summed E-state index contributed by atoms with van der Waals surface area (Å²) in [7, 11) is -0.431. The van der Waals surface area contributed by atoms with Gasteiger partial charge in [0, 0.05) is 18.7 Å². The number of carbonyl (C=O) groups excluding carboxylic acids is 1. The summed E-state index contributed by atoms with van der Waals surface area (Å²) in [6.07, 6.45) is 2.17. The van der Waals surface area contributed by atoms with Gasteiger partial charge in [0.05, 0.1) is 11.2 Å². The van der Waals surface area contributed by atoms with Gasteiger partial charge in [0.1, 0.15) is 0 Å². The van der Waals surface area contributed by atoms with Crippen LogP contribution in [0.25, 0.3) is 0 Å². The first-order valence-corrected chi connectivity index (χ1v) is 9.36. The third-order valence-corrected chi connectivity index (χ3v) is 6.10. The van der Waals surface area contributed by atoms with Crippen molar-refractivity contribution in [2.45, 2.75) is 65.6 Å². The highest BCUT2D eigenvalue weighted by Crippen LogP contribution is 2.36. The molecule has 3 rings (SSSR count). The summed E-state index contributed by atoms with van der Waals surface area (Å²) in [4.78, 5) is 14.9. The summed E-state index contributed by atoms with van der Waals surface area (Å²) in [5.41, 5.74) is 2.00. The zero-order chi connectivity index (χ0) is 18.4. The molecule has 0 unspecified atom stereocenters. The van der Waals surface area contributed by atoms with Crippen LogP contribution in [0.2, 0.25) is 0 Å². The molecular weight excluding hydrogens is 313 g/mol. The van der Waals surface area contributed by atoms with Crippen LogP contribution in [0.4, 0.5) is 0 Å². The van der Waals surface area contributed by atoms with Gasteiger partial charge >= 0.3 is 7.12 Å². The van der Waals surface area contributed by atoms with Crippen LogP contribution in [0.15, 0.2) is 18.2 Å². The minimum absolute atomic E-state index is 0.115. The second-order valence-electron chi connectivity index (χ2n) is 8.63. The quantitative estimate of drug-likeness (QED) is 0.775. The highest BCUT2D eigenvalue weighted by Gasteiger charge is 2.52. The van der Waals surface area contributed by atoms with Crippen molar-refractivity contribution >= 4 is 18.5 Å². The van der Waals surface area contributed by atoms with Crippen LogP contribution in [-0.4, -0.2) is 42.2 Å². The Labute approximate surface area is 152 Å². The molecule has 0 N–H and O–H groups in total. The van der Waals surface area contributed by atoms with E-state index in [9.17, 15) is 4.79 Å². The molecule has 136 valence electrons. The highest BCUT2D eigenvalue weighted by atomic mass is 16.7. The first kappa shape index (κ1) is 18.5. The van der Waals surface area contributed by atoms with E-state index < -0.39 is 7.12 Å². The van der Waals surface area contributed by atoms with E-state index in [4.69, 9.17) is 9.31 Å². The molecule has 2 saturated heterocycles. The third kappa shape index (κ3) is 3.49. The molecule has 4 nitrogen and oxygen atoms in total. The third-order valence-electron chi connectivity index (χ3n) is 6.10. The van der Waals surface area contributed by atoms with E-state index >= 15 is 0 Å². The van der Waals surface area contributed by atoms with Gasteiger partial charge in [0.15, 0.2) is 0 Å². The molecule has 1 aromatic carbocycles. The van der Waals surface area contributed by atoms with Crippen molar-refractivity contribution in [1.82, 2.24) is 4.90 Å². The van der Waals surface area contributed by atoms with Gasteiger partial charge in [0.25, 0.3) is 5.91 Å². The molecular formula is C20H30BNO3. The Morgan fingerprint density at radius 1 is 1.12 bits per heavy atom. The van der Waals surface area contributed by atoms with Crippen LogP contribution >= 0.6 is 0 Å². The molecule has 0 aromatic heterocycles. The summed E-state index contributed by atoms with van der Waals surface area (Å²) >= 11 is 0. The predicted octanol–water partition coefficient (Wildman–Crippen LogP) is 3.17. The molecule has 2 aliphatic rings. The van der Waals surface area contributed by atoms with E-state index in [1.165, 1.54) is 0 Å². The Hall–Kier alpha value is -1.33. The van der Waals surface area contributed by atoms with Gasteiger partial charge < -0.3 is 14.2 Å². The van der Waals surface area contributed by atoms with Crippen LogP contribution in [0, 0.1) is 12.8 Å². The second-order valence-corrected chi connectivity index (χ2v) is 8.63. The average molecular weight is 343 g/mol. The summed E-state index contributed by atoms with van der Waals surface area (Å²) in [5, 5.41) is 0. The van der Waals surface area contributed by atoms with Crippen molar-refractivity contribution in [3.63, 3.8) is 0 Å². The molecule has 0 atom stereocenters. The molecule has 1 aromatic rings. The number of aryl methyl sites for hydroxylation is 1. The lowest BCUT2D eigenvalue weighted by Gasteiger charge is -2.32. The molecule has 0 radical (unpaired) electrons. The molecule has 0 saturated carbocycles. The monoisotopic (exact) mass is 343 g/mol. The number of piperidine rings is 1. The van der Waals surface area contributed by atoms with Gasteiger partial charge in [-0.25, -0.2) is 0 Å². The summed E-state index contributed by atoms with van der Waals surface area (Å²) in [6, 6.07) is 5.88. The number of likely N-dealkylation sites (tertiary alicyclic amines) is 1. The first-order valence-electron chi connectivity index (χ1n) is 9.36. The molecule has 0 spiro atoms. The molecule has 25 heavy (non-hydrogen) atoms. The summed E-state index contributed by atoms with van der Waals surface area (Å²) in [5.74, 6) is 0.826. The zero-order valence-corrected chi connectivity index (χ0v) is 16.4. The maximum Gasteiger partial charge on any atom is 0.495 e. The lowest BCUT2D eigenvalue weighted by molar-refractivity contribution is 0.00578. The van der Waals surface area contributed by atoms with Crippen LogP contribution in [-0.2, 0) is 9.31 Å². The standard InChI is InChI=1S/C20H30BNO3/c1-14-9-11-22(12-10-14)18(23)16-8-7-15(2)17(13-16)21-24-19(3,4)20(5,6)25-21/h7-8,13-14H,9-12H2,1-6H3. The molecule has 2 fully saturated rings. The topological polar surface area (TPSA) is 38.8 Å². The van der Waals surface area contributed by atoms with Gasteiger partial charge in [-0.3, -0.25) is 4.79 Å². The zero-order valence-electron chi connectivity index (χ0n) is 16.4. The Morgan fingerprint density at radius 3 is 2.24 bits per heavy atom. The van der Waals surface area contributed by atoms with E-state index in [0.29, 0.717) is 5.92 Å². The predicted molar refractivity (Wildman–Crippen MR) is 101 cm³/mol. The van der Waals surface area contributed by atoms with Crippen LogP contribution < -0.4 is 5.46 Å². The van der Waals surface area contributed by atoms with Crippen molar-refractivity contribution in [2.75, 3.05) is 13.1 Å². The Morgan fingerprint density at radius 2 is 1.68 bits per heavy atom. The van der Waals surface area contributed by atoms with Crippen LogP contribution in [0.3, 0.4) is 0 Å². The lowest BCUT2D eigenvalue weighted by atomic mass is 9.75. The van der Waals surface area contributed by atoms with Crippen molar-refractivity contribution in [2.24, 2.45) is 5.92 Å². The van der Waals surface area contributed by atoms with Gasteiger partial charge in [-0.05, 0) is 71.0 Å². The molecule has 2 aliphatic heterocycles. The highest BCUT2D eigenvalue weighted by molar-refractivity contribution is 6.62. The summed E-state index contributed by atoms with van der Waals surface area (Å²) in [6.45, 7) is 14.2. The van der Waals surface area contributed by atoms with Gasteiger partial charge in [-0.2, -0.15) is 0 Å². The Balaban J connectivity index is 1.83. The fourth-order valence-corrected chi connectivity index (χ4v) is 3.39. The van der Waals surface area contributed by atoms with E-state index in [0.717, 1.165) is 42.5 Å². The molecule has 0 bridgehead atoms. The van der Waals surface area contributed by atoms with Gasteiger partial charge in [0.2, 0.25) is 0 Å². The molecule has 2 heterocycles. The molecule has 5 heteroatoms. The molecule has 0 aliphatic carbocycles. The number of nitrogens with zero attached hydrogens (tertiary/aromatic N) is 1. The minimum Gasteiger partial charge on any atom is -0.399 e. The fraction of sp³-hybridized carbons (Fsp3) is 0.650. The van der Waals surface area contributed by atoms with Gasteiger partial charge in [-0.15, -0.1) is 0 Å². The van der Waals surface area contributed by atoms with Crippen molar-refractivity contribution in [3.05, 3.63) is 29.3 Å². The first-order chi connectivity index (χ1) is 11.6. The fourth-order valence-electron chi connectivity index (χ4n) is 3.39. The maximum atomic E-state index is 12.9. The normalized spacial score (nSPS) is 23.1. The van der Waals surface area contributed by atoms with Gasteiger partial charge in [-0.1, -0.05) is 18.6 Å². The average Bonchev–Trinajstić information content (AvgIpc) is 2.76. The van der Waals surface area contributed by atoms with Crippen LogP contribution in [0.1, 0.15) is 63.4 Å². The van der Waals surface area contributed by atoms with Crippen LogP contribution in [0.5, 0.6) is 0 Å². The largest absolute Gasteiger partial charge is 0.495 e. The Bertz CT molecular complexity index is 647. The summed E-state index contributed by atoms with van der Waals surface area (Å²) < 4.78 is 12.4. The SMILES string of the molecule is Cc1ccc(C(=O)N2CCC(C)CC2)cc1B1OC(C)(C)C(C)(C)O1. The van der Waals surface area contributed by atoms with E-state index in [1.54, 1.807) is 0 Å². The van der Waals surface area contributed by atoms with Crippen molar-refractivity contribution in [3.8, 4) is 0 Å². The Kier molecular flexibility index (Phi) is 4.76. The van der Waals surface area contributed by atoms with E-state index in [-0.39, 0.29) is 17.1 Å². The number of rotatable bonds is 2. The smallest absolute Gasteiger partial charge is 0.399 e. The number of carbonyl (C=O) groups is 1.